The van der Waals surface area contributed by atoms with Crippen LogP contribution in [0.25, 0.3) is 11.3 Å². The van der Waals surface area contributed by atoms with Gasteiger partial charge in [-0.05, 0) is 36.4 Å². The van der Waals surface area contributed by atoms with E-state index in [-0.39, 0.29) is 5.91 Å². The van der Waals surface area contributed by atoms with Gasteiger partial charge in [-0.15, -0.1) is 0 Å². The third-order valence-electron chi connectivity index (χ3n) is 4.75. The molecule has 0 spiro atoms. The van der Waals surface area contributed by atoms with Gasteiger partial charge in [-0.2, -0.15) is 0 Å². The first kappa shape index (κ1) is 19.5. The second-order valence-electron chi connectivity index (χ2n) is 6.95. The fraction of sp³-hybridized carbons (Fsp3) is 0.167. The lowest BCUT2D eigenvalue weighted by molar-refractivity contribution is -0.116. The van der Waals surface area contributed by atoms with Gasteiger partial charge in [0.15, 0.2) is 0 Å². The first-order valence-corrected chi connectivity index (χ1v) is 9.80. The first-order valence-electron chi connectivity index (χ1n) is 9.80. The Morgan fingerprint density at radius 3 is 2.60 bits per heavy atom. The van der Waals surface area contributed by atoms with Crippen LogP contribution in [0.2, 0.25) is 0 Å². The number of ether oxygens (including phenoxy) is 1. The van der Waals surface area contributed by atoms with Crippen LogP contribution in [0, 0.1) is 0 Å². The first-order chi connectivity index (χ1) is 14.7. The summed E-state index contributed by atoms with van der Waals surface area (Å²) in [7, 11) is 1.93. The number of benzene rings is 2. The molecule has 0 saturated heterocycles. The molecule has 152 valence electrons. The van der Waals surface area contributed by atoms with E-state index in [0.29, 0.717) is 19.4 Å². The summed E-state index contributed by atoms with van der Waals surface area (Å²) in [5, 5.41) is 2.90. The van der Waals surface area contributed by atoms with E-state index in [1.54, 1.807) is 6.20 Å². The number of nitrogens with one attached hydrogen (secondary N) is 1. The molecule has 0 radical (unpaired) electrons. The van der Waals surface area contributed by atoms with E-state index in [4.69, 9.17) is 9.15 Å². The Balaban J connectivity index is 1.25. The number of rotatable bonds is 8. The standard InChI is InChI=1S/C24H23N3O3/c1-27-16-15-25-23(27)17-29-20-9-7-19(8-10-20)26-24(28)14-12-21-11-13-22(30-21)18-5-3-2-4-6-18/h2-11,13,15-16H,12,14,17H2,1H3,(H,26,28). The maximum Gasteiger partial charge on any atom is 0.224 e. The average molecular weight is 401 g/mol. The molecule has 6 heteroatoms. The minimum atomic E-state index is -0.0608. The highest BCUT2D eigenvalue weighted by molar-refractivity contribution is 5.90. The monoisotopic (exact) mass is 401 g/mol. The van der Waals surface area contributed by atoms with Gasteiger partial charge >= 0.3 is 0 Å². The van der Waals surface area contributed by atoms with Crippen molar-refractivity contribution in [3.8, 4) is 17.1 Å². The lowest BCUT2D eigenvalue weighted by Crippen LogP contribution is -2.12. The molecule has 0 bridgehead atoms. The van der Waals surface area contributed by atoms with Gasteiger partial charge in [0.2, 0.25) is 5.91 Å². The predicted molar refractivity (Wildman–Crippen MR) is 115 cm³/mol. The van der Waals surface area contributed by atoms with Gasteiger partial charge in [0, 0.05) is 43.5 Å². The van der Waals surface area contributed by atoms with Crippen molar-refractivity contribution in [2.24, 2.45) is 7.05 Å². The molecule has 0 fully saturated rings. The van der Waals surface area contributed by atoms with E-state index in [1.807, 2.05) is 84.5 Å². The van der Waals surface area contributed by atoms with E-state index in [2.05, 4.69) is 10.3 Å². The fourth-order valence-electron chi connectivity index (χ4n) is 3.05. The van der Waals surface area contributed by atoms with Crippen LogP contribution in [0.3, 0.4) is 0 Å². The van der Waals surface area contributed by atoms with Gasteiger partial charge < -0.3 is 19.0 Å². The van der Waals surface area contributed by atoms with Gasteiger partial charge in [-0.1, -0.05) is 30.3 Å². The summed E-state index contributed by atoms with van der Waals surface area (Å²) >= 11 is 0. The zero-order valence-corrected chi connectivity index (χ0v) is 16.7. The Morgan fingerprint density at radius 2 is 1.87 bits per heavy atom. The van der Waals surface area contributed by atoms with Crippen molar-refractivity contribution < 1.29 is 13.9 Å². The molecule has 1 amide bonds. The number of hydrogen-bond donors (Lipinski definition) is 1. The zero-order chi connectivity index (χ0) is 20.8. The van der Waals surface area contributed by atoms with Crippen molar-refractivity contribution in [3.63, 3.8) is 0 Å². The third kappa shape index (κ3) is 4.97. The van der Waals surface area contributed by atoms with Crippen molar-refractivity contribution in [3.05, 3.63) is 90.7 Å². The van der Waals surface area contributed by atoms with Gasteiger partial charge in [0.05, 0.1) is 0 Å². The molecule has 2 aromatic carbocycles. The quantitative estimate of drug-likeness (QED) is 0.459. The Labute approximate surface area is 175 Å². The lowest BCUT2D eigenvalue weighted by atomic mass is 10.2. The molecular weight excluding hydrogens is 378 g/mol. The second-order valence-corrected chi connectivity index (χ2v) is 6.95. The molecule has 2 aromatic heterocycles. The number of nitrogens with zero attached hydrogens (tertiary/aromatic N) is 2. The van der Waals surface area contributed by atoms with Crippen molar-refractivity contribution >= 4 is 11.6 Å². The summed E-state index contributed by atoms with van der Waals surface area (Å²) in [5.74, 6) is 3.12. The molecule has 0 atom stereocenters. The minimum Gasteiger partial charge on any atom is -0.486 e. The number of imidazole rings is 1. The van der Waals surface area contributed by atoms with E-state index >= 15 is 0 Å². The zero-order valence-electron chi connectivity index (χ0n) is 16.7. The molecule has 4 rings (SSSR count). The fourth-order valence-corrected chi connectivity index (χ4v) is 3.05. The molecule has 0 aliphatic heterocycles. The number of amides is 1. The van der Waals surface area contributed by atoms with E-state index < -0.39 is 0 Å². The molecule has 0 aliphatic rings. The van der Waals surface area contributed by atoms with Crippen molar-refractivity contribution in [1.29, 1.82) is 0 Å². The predicted octanol–water partition coefficient (Wildman–Crippen LogP) is 4.83. The molecular formula is C24H23N3O3. The van der Waals surface area contributed by atoms with Gasteiger partial charge in [0.25, 0.3) is 0 Å². The maximum absolute atomic E-state index is 12.3. The van der Waals surface area contributed by atoms with Gasteiger partial charge in [0.1, 0.15) is 29.7 Å². The number of aryl methyl sites for hydroxylation is 2. The number of aromatic nitrogens is 2. The molecule has 1 N–H and O–H groups in total. The number of carbonyl (C=O) groups is 1. The topological polar surface area (TPSA) is 69.3 Å². The molecule has 4 aromatic rings. The van der Waals surface area contributed by atoms with E-state index in [0.717, 1.165) is 34.3 Å². The Kier molecular flexibility index (Phi) is 5.94. The van der Waals surface area contributed by atoms with Crippen LogP contribution >= 0.6 is 0 Å². The summed E-state index contributed by atoms with van der Waals surface area (Å²) in [6.07, 6.45) is 4.51. The Morgan fingerprint density at radius 1 is 1.07 bits per heavy atom. The third-order valence-corrected chi connectivity index (χ3v) is 4.75. The molecule has 6 nitrogen and oxygen atoms in total. The van der Waals surface area contributed by atoms with Gasteiger partial charge in [-0.3, -0.25) is 4.79 Å². The highest BCUT2D eigenvalue weighted by Gasteiger charge is 2.08. The van der Waals surface area contributed by atoms with Crippen LogP contribution in [0.5, 0.6) is 5.75 Å². The Bertz CT molecular complexity index is 1100. The molecule has 2 heterocycles. The molecule has 0 unspecified atom stereocenters. The largest absolute Gasteiger partial charge is 0.486 e. The number of carbonyl (C=O) groups excluding carboxylic acids is 1. The molecule has 0 aliphatic carbocycles. The SMILES string of the molecule is Cn1ccnc1COc1ccc(NC(=O)CCc2ccc(-c3ccccc3)o2)cc1. The van der Waals surface area contributed by atoms with Crippen molar-refractivity contribution in [2.45, 2.75) is 19.4 Å². The maximum atomic E-state index is 12.3. The van der Waals surface area contributed by atoms with Crippen LogP contribution in [-0.2, 0) is 24.9 Å². The number of hydrogen-bond acceptors (Lipinski definition) is 4. The highest BCUT2D eigenvalue weighted by Crippen LogP contribution is 2.22. The summed E-state index contributed by atoms with van der Waals surface area (Å²) in [6.45, 7) is 0.392. The highest BCUT2D eigenvalue weighted by atomic mass is 16.5. The van der Waals surface area contributed by atoms with Crippen LogP contribution in [-0.4, -0.2) is 15.5 Å². The number of anilines is 1. The van der Waals surface area contributed by atoms with Gasteiger partial charge in [-0.25, -0.2) is 4.98 Å². The summed E-state index contributed by atoms with van der Waals surface area (Å²) in [5.41, 5.74) is 1.76. The van der Waals surface area contributed by atoms with Crippen molar-refractivity contribution in [1.82, 2.24) is 9.55 Å². The van der Waals surface area contributed by atoms with Crippen LogP contribution < -0.4 is 10.1 Å². The van der Waals surface area contributed by atoms with Crippen LogP contribution in [0.4, 0.5) is 5.69 Å². The van der Waals surface area contributed by atoms with Crippen LogP contribution in [0.1, 0.15) is 18.0 Å². The number of furan rings is 1. The summed E-state index contributed by atoms with van der Waals surface area (Å²) in [4.78, 5) is 16.5. The van der Waals surface area contributed by atoms with Crippen LogP contribution in [0.15, 0.2) is 83.5 Å². The lowest BCUT2D eigenvalue weighted by Gasteiger charge is -2.08. The summed E-state index contributed by atoms with van der Waals surface area (Å²) < 4.78 is 13.5. The minimum absolute atomic E-state index is 0.0608. The Hall–Kier alpha value is -3.80. The second kappa shape index (κ2) is 9.13. The molecule has 30 heavy (non-hydrogen) atoms. The average Bonchev–Trinajstić information content (AvgIpc) is 3.41. The molecule has 0 saturated carbocycles. The smallest absolute Gasteiger partial charge is 0.224 e. The van der Waals surface area contributed by atoms with E-state index in [9.17, 15) is 4.79 Å². The van der Waals surface area contributed by atoms with Crippen molar-refractivity contribution in [2.75, 3.05) is 5.32 Å². The van der Waals surface area contributed by atoms with E-state index in [1.165, 1.54) is 0 Å². The summed E-state index contributed by atoms with van der Waals surface area (Å²) in [6, 6.07) is 21.1. The normalized spacial score (nSPS) is 10.7.